The van der Waals surface area contributed by atoms with Crippen molar-refractivity contribution in [3.63, 3.8) is 0 Å². The van der Waals surface area contributed by atoms with Crippen LogP contribution in [0.1, 0.15) is 87.5 Å². The first kappa shape index (κ1) is 86.8. The summed E-state index contributed by atoms with van der Waals surface area (Å²) in [5.41, 5.74) is 11.7. The summed E-state index contributed by atoms with van der Waals surface area (Å²) in [6.45, 7) is 10.3. The molecule has 16 nitrogen and oxygen atoms in total. The van der Waals surface area contributed by atoms with Gasteiger partial charge in [-0.25, -0.2) is 60.4 Å². The molecule has 0 bridgehead atoms. The topological polar surface area (TPSA) is 151 Å². The van der Waals surface area contributed by atoms with Crippen LogP contribution in [-0.2, 0) is 18.9 Å². The molecule has 0 saturated heterocycles. The predicted molar refractivity (Wildman–Crippen MR) is 411 cm³/mol. The van der Waals surface area contributed by atoms with Crippen molar-refractivity contribution in [2.75, 3.05) is 100 Å². The molecule has 0 aliphatic rings. The van der Waals surface area contributed by atoms with Crippen LogP contribution in [0, 0.1) is 24.3 Å². The van der Waals surface area contributed by atoms with Gasteiger partial charge in [-0.15, -0.1) is 142 Å². The van der Waals surface area contributed by atoms with Crippen molar-refractivity contribution in [2.45, 2.75) is 65.2 Å². The van der Waals surface area contributed by atoms with Crippen LogP contribution < -0.4 is 226 Å². The van der Waals surface area contributed by atoms with Crippen LogP contribution in [0.5, 0.6) is 0 Å². The Morgan fingerprint density at radius 1 is 0.343 bits per heavy atom. The average molecular weight is 1530 g/mol. The van der Waals surface area contributed by atoms with E-state index in [2.05, 4.69) is 123 Å². The normalized spacial score (nSPS) is 11.3. The van der Waals surface area contributed by atoms with Gasteiger partial charge in [0.2, 0.25) is 20.5 Å². The van der Waals surface area contributed by atoms with E-state index in [9.17, 15) is 0 Å². The molecule has 0 spiro atoms. The van der Waals surface area contributed by atoms with Crippen LogP contribution >= 0.6 is 45.3 Å². The zero-order valence-corrected chi connectivity index (χ0v) is 75.6. The monoisotopic (exact) mass is 1530 g/mol. The van der Waals surface area contributed by atoms with Gasteiger partial charge in [0.15, 0.2) is 0 Å². The molecule has 0 aliphatic carbocycles. The van der Waals surface area contributed by atoms with Crippen molar-refractivity contribution in [2.24, 2.45) is 20.4 Å². The molecule has 0 unspecified atom stereocenters. The number of fused-ring (bicyclic) bond motifs is 4. The van der Waals surface area contributed by atoms with Crippen LogP contribution in [0.2, 0.25) is 0 Å². The molecular weight excluding hydrogens is 1450 g/mol. The second-order valence-corrected chi connectivity index (χ2v) is 26.8. The van der Waals surface area contributed by atoms with Crippen molar-refractivity contribution in [3.05, 3.63) is 216 Å². The van der Waals surface area contributed by atoms with Gasteiger partial charge in [-0.1, -0.05) is 146 Å². The van der Waals surface area contributed by atoms with Crippen molar-refractivity contribution in [1.82, 2.24) is 19.9 Å². The second kappa shape index (κ2) is 48.2. The number of thiazole rings is 4. The van der Waals surface area contributed by atoms with Crippen LogP contribution in [0.25, 0.3) is 63.1 Å². The first-order valence-electron chi connectivity index (χ1n) is 33.3. The number of hydrogen-bond donors (Lipinski definition) is 0. The van der Waals surface area contributed by atoms with Crippen molar-refractivity contribution < 1.29 is 224 Å². The molecule has 102 heavy (non-hydrogen) atoms. The molecule has 4 aromatic heterocycles. The molecule has 504 valence electrons. The Morgan fingerprint density at radius 3 is 0.882 bits per heavy atom. The molecule has 0 radical (unpaired) electrons. The van der Waals surface area contributed by atoms with E-state index in [1.807, 2.05) is 130 Å². The fourth-order valence-electron chi connectivity index (χ4n) is 10.3. The summed E-state index contributed by atoms with van der Waals surface area (Å²) in [5, 5.41) is 30.8. The number of anilines is 4. The molecule has 0 aliphatic heterocycles. The minimum absolute atomic E-state index is 0. The molecule has 0 saturated carbocycles. The summed E-state index contributed by atoms with van der Waals surface area (Å²) in [5.74, 6) is 0. The Balaban J connectivity index is 0.000000275. The third kappa shape index (κ3) is 27.0. The number of hydrogen-bond acceptors (Lipinski definition) is 20. The predicted octanol–water partition coefficient (Wildman–Crippen LogP) is 6.21. The number of rotatable bonds is 36. The average Bonchev–Trinajstić information content (AvgIpc) is 1.55. The quantitative estimate of drug-likeness (QED) is 0.0145. The maximum Gasteiger partial charge on any atom is 1.00 e. The summed E-state index contributed by atoms with van der Waals surface area (Å²) in [6, 6.07) is 70.5. The van der Waals surface area contributed by atoms with E-state index >= 15 is 0 Å². The van der Waals surface area contributed by atoms with Crippen LogP contribution in [0.4, 0.5) is 20.5 Å². The zero-order chi connectivity index (χ0) is 67.4. The van der Waals surface area contributed by atoms with Gasteiger partial charge in [-0.05, 0) is 86.2 Å². The van der Waals surface area contributed by atoms with E-state index in [1.165, 1.54) is 47.9 Å². The molecule has 4 heterocycles. The minimum Gasteiger partial charge on any atom is -0.382 e. The maximum atomic E-state index is 5.75. The third-order valence-electron chi connectivity index (χ3n) is 15.5. The number of unbranched alkanes of at least 4 members (excludes halogenated alkanes) is 6. The molecule has 8 aromatic carbocycles. The molecule has 0 N–H and O–H groups in total. The number of para-hydroxylation sites is 4. The standard InChI is InChI=1S/C40H42N6S2.C38H38N6O4S2.4K/c1-3-5-7-13-25-45(39-43-35-21-9-11-23-37(35)47-39)41-29-31-17-15-19-33(27-31)34-20-16-18-32(28-34)30-42-46(26-14-8-6-4-2)40-44-36-22-10-12-24-38(36)48-40;1-45-21-23-47-19-17-43(37-41-33-13-3-5-15-35(33)49-37)39-27-29-9-7-11-31(25-29)32-12-8-10-30(26-32)28-40-44(18-20-48-24-22-46-2)38-42-34-14-4-6-16-36(34)50-38;;;;/h9-12,15-16,19-24,27-30H,3-8,13-14,25-26H2,1-2H3;3-8,11-16,25-28H,17-24H2,1-2H3;;;;/q2*-2;4*+1/b41-29+,42-30+;39-27+,40-28+;;;;. The van der Waals surface area contributed by atoms with E-state index in [1.54, 1.807) is 59.6 Å². The zero-order valence-electron chi connectivity index (χ0n) is 59.8. The number of hydrazone groups is 4. The van der Waals surface area contributed by atoms with Crippen LogP contribution in [0.3, 0.4) is 0 Å². The van der Waals surface area contributed by atoms with Gasteiger partial charge >= 0.3 is 206 Å². The van der Waals surface area contributed by atoms with Crippen LogP contribution in [0.15, 0.2) is 190 Å². The van der Waals surface area contributed by atoms with Crippen molar-refractivity contribution in [3.8, 4) is 22.3 Å². The fraction of sp³-hybridized carbons (Fsp3) is 0.282. The summed E-state index contributed by atoms with van der Waals surface area (Å²) in [6.07, 6.45) is 16.8. The van der Waals surface area contributed by atoms with Gasteiger partial charge in [0.25, 0.3) is 0 Å². The summed E-state index contributed by atoms with van der Waals surface area (Å²) in [4.78, 5) is 19.4. The fourth-order valence-corrected chi connectivity index (χ4v) is 14.1. The first-order chi connectivity index (χ1) is 48.4. The molecule has 0 atom stereocenters. The van der Waals surface area contributed by atoms with Gasteiger partial charge < -0.3 is 18.9 Å². The Kier molecular flexibility index (Phi) is 41.0. The molecule has 12 aromatic rings. The number of aromatic nitrogens is 4. The van der Waals surface area contributed by atoms with Gasteiger partial charge in [0, 0.05) is 27.3 Å². The van der Waals surface area contributed by atoms with E-state index in [-0.39, 0.29) is 206 Å². The van der Waals surface area contributed by atoms with E-state index < -0.39 is 0 Å². The Morgan fingerprint density at radius 2 is 0.618 bits per heavy atom. The summed E-state index contributed by atoms with van der Waals surface area (Å²) >= 11 is 6.57. The first-order valence-corrected chi connectivity index (χ1v) is 36.6. The van der Waals surface area contributed by atoms with E-state index in [0.29, 0.717) is 52.7 Å². The smallest absolute Gasteiger partial charge is 0.382 e. The second-order valence-electron chi connectivity index (χ2n) is 22.8. The maximum absolute atomic E-state index is 5.75. The van der Waals surface area contributed by atoms with Crippen molar-refractivity contribution in [1.29, 1.82) is 0 Å². The van der Waals surface area contributed by atoms with E-state index in [0.717, 1.165) is 122 Å². The van der Waals surface area contributed by atoms with Crippen LogP contribution in [-0.4, -0.2) is 125 Å². The number of methoxy groups -OCH3 is 2. The minimum atomic E-state index is 0. The Bertz CT molecular complexity index is 4150. The SMILES string of the molecule is CCCCCCN(/N=C/c1[c-]ccc(-c2cc[c-]c(/C=N/N(CCCCCC)c3nc4ccccc4s3)c2)c1)c1nc2ccccc2s1.COCCOCCN(/N=C/c1[c-]ccc(-c2cc[c-]c(/C=N/N(CCOCCOC)c3nc4ccccc4s3)c2)c1)c1nc2ccccc2s1.[K+].[K+].[K+].[K+]. The number of ether oxygens (including phenoxy) is 4. The molecule has 0 amide bonds. The molecule has 24 heteroatoms. The molecular formula is C78H80K4N12O4S4. The van der Waals surface area contributed by atoms with Gasteiger partial charge in [-0.2, -0.15) is 0 Å². The van der Waals surface area contributed by atoms with Gasteiger partial charge in [-0.3, -0.25) is 0 Å². The Labute approximate surface area is 786 Å². The van der Waals surface area contributed by atoms with Gasteiger partial charge in [0.05, 0.1) is 93.6 Å². The summed E-state index contributed by atoms with van der Waals surface area (Å²) < 4.78 is 26.3. The molecule has 12 rings (SSSR count). The number of nitrogens with zero attached hydrogens (tertiary/aromatic N) is 12. The summed E-state index contributed by atoms with van der Waals surface area (Å²) in [7, 11) is 3.33. The van der Waals surface area contributed by atoms with Crippen molar-refractivity contribution >= 4 is 132 Å². The largest absolute Gasteiger partial charge is 1.00 e. The molecule has 0 fully saturated rings. The van der Waals surface area contributed by atoms with E-state index in [4.69, 9.17) is 59.3 Å². The number of benzene rings is 8. The third-order valence-corrected chi connectivity index (χ3v) is 19.7. The Hall–Kier alpha value is -2.41. The van der Waals surface area contributed by atoms with Gasteiger partial charge in [0.1, 0.15) is 0 Å².